The highest BCUT2D eigenvalue weighted by Gasteiger charge is 2.51. The molecule has 19 heavy (non-hydrogen) atoms. The number of carboxylic acids is 1. The summed E-state index contributed by atoms with van der Waals surface area (Å²) in [4.78, 5) is 13.1. The Labute approximate surface area is 116 Å². The normalized spacial score (nSPS) is 40.0. The summed E-state index contributed by atoms with van der Waals surface area (Å²) in [6, 6.07) is 0. The quantitative estimate of drug-likeness (QED) is 0.802. The van der Waals surface area contributed by atoms with Crippen LogP contribution in [0, 0.1) is 23.2 Å². The van der Waals surface area contributed by atoms with Gasteiger partial charge in [-0.1, -0.05) is 6.92 Å². The molecule has 1 N–H and O–H groups in total. The molecule has 0 aromatic carbocycles. The summed E-state index contributed by atoms with van der Waals surface area (Å²) in [6.45, 7) is 5.05. The lowest BCUT2D eigenvalue weighted by Crippen LogP contribution is -2.51. The second kappa shape index (κ2) is 5.08. The fourth-order valence-corrected chi connectivity index (χ4v) is 5.56. The number of nitrogens with zero attached hydrogens (tertiary/aromatic N) is 1. The zero-order valence-corrected chi connectivity index (χ0v) is 12.1. The van der Waals surface area contributed by atoms with Crippen molar-refractivity contribution in [3.05, 3.63) is 0 Å². The fourth-order valence-electron chi connectivity index (χ4n) is 5.56. The minimum atomic E-state index is -0.663. The highest BCUT2D eigenvalue weighted by atomic mass is 16.4. The summed E-state index contributed by atoms with van der Waals surface area (Å²) in [5, 5.41) is 8.86. The average molecular weight is 265 g/mol. The molecule has 4 fully saturated rings. The summed E-state index contributed by atoms with van der Waals surface area (Å²) < 4.78 is 0. The molecule has 0 aromatic rings. The van der Waals surface area contributed by atoms with E-state index in [0.717, 1.165) is 37.4 Å². The van der Waals surface area contributed by atoms with Crippen molar-refractivity contribution in [3.8, 4) is 0 Å². The van der Waals surface area contributed by atoms with E-state index >= 15 is 0 Å². The molecule has 4 aliphatic carbocycles. The largest absolute Gasteiger partial charge is 0.481 e. The Balaban J connectivity index is 1.62. The van der Waals surface area contributed by atoms with Gasteiger partial charge in [0, 0.05) is 13.1 Å². The van der Waals surface area contributed by atoms with Crippen LogP contribution in [-0.2, 0) is 4.79 Å². The second-order valence-electron chi connectivity index (χ2n) is 7.43. The van der Waals surface area contributed by atoms with Crippen LogP contribution in [0.3, 0.4) is 0 Å². The molecule has 0 spiro atoms. The molecule has 0 amide bonds. The molecule has 3 nitrogen and oxygen atoms in total. The molecular weight excluding hydrogens is 238 g/mol. The lowest BCUT2D eigenvalue weighted by atomic mass is 9.49. The third kappa shape index (κ3) is 2.81. The second-order valence-corrected chi connectivity index (χ2v) is 7.43. The van der Waals surface area contributed by atoms with Crippen LogP contribution < -0.4 is 0 Å². The molecule has 0 heterocycles. The molecule has 0 radical (unpaired) electrons. The highest BCUT2D eigenvalue weighted by Crippen LogP contribution is 2.60. The molecule has 0 atom stereocenters. The summed E-state index contributed by atoms with van der Waals surface area (Å²) in [7, 11) is 0. The number of hydrogen-bond acceptors (Lipinski definition) is 2. The molecule has 4 aliphatic rings. The van der Waals surface area contributed by atoms with Gasteiger partial charge in [0.05, 0.1) is 6.42 Å². The first-order chi connectivity index (χ1) is 9.08. The number of aliphatic carboxylic acids is 1. The van der Waals surface area contributed by atoms with Crippen molar-refractivity contribution >= 4 is 5.97 Å². The van der Waals surface area contributed by atoms with Gasteiger partial charge < -0.3 is 10.0 Å². The maximum absolute atomic E-state index is 10.8. The Morgan fingerprint density at radius 1 is 1.16 bits per heavy atom. The van der Waals surface area contributed by atoms with Gasteiger partial charge in [0.25, 0.3) is 0 Å². The van der Waals surface area contributed by atoms with Gasteiger partial charge in [0.1, 0.15) is 0 Å². The van der Waals surface area contributed by atoms with Crippen LogP contribution in [-0.4, -0.2) is 35.6 Å². The molecule has 108 valence electrons. The smallest absolute Gasteiger partial charge is 0.304 e. The first-order valence-corrected chi connectivity index (χ1v) is 8.03. The van der Waals surface area contributed by atoms with Crippen LogP contribution in [0.15, 0.2) is 0 Å². The minimum Gasteiger partial charge on any atom is -0.481 e. The molecular formula is C16H27NO2. The van der Waals surface area contributed by atoms with E-state index in [-0.39, 0.29) is 0 Å². The van der Waals surface area contributed by atoms with Gasteiger partial charge in [0.15, 0.2) is 0 Å². The summed E-state index contributed by atoms with van der Waals surface area (Å²) >= 11 is 0. The van der Waals surface area contributed by atoms with Gasteiger partial charge in [-0.25, -0.2) is 0 Å². The van der Waals surface area contributed by atoms with Gasteiger partial charge in [-0.2, -0.15) is 0 Å². The molecule has 0 unspecified atom stereocenters. The van der Waals surface area contributed by atoms with Crippen molar-refractivity contribution in [1.29, 1.82) is 0 Å². The lowest BCUT2D eigenvalue weighted by molar-refractivity contribution is -0.137. The Hall–Kier alpha value is -0.570. The zero-order chi connectivity index (χ0) is 13.5. The summed E-state index contributed by atoms with van der Waals surface area (Å²) in [5.41, 5.74) is 0.545. The molecule has 3 heteroatoms. The van der Waals surface area contributed by atoms with Crippen LogP contribution >= 0.6 is 0 Å². The first kappa shape index (κ1) is 13.4. The first-order valence-electron chi connectivity index (χ1n) is 8.03. The lowest BCUT2D eigenvalue weighted by Gasteiger charge is -2.58. The van der Waals surface area contributed by atoms with E-state index in [4.69, 9.17) is 5.11 Å². The van der Waals surface area contributed by atoms with Crippen molar-refractivity contribution in [3.63, 3.8) is 0 Å². The van der Waals surface area contributed by atoms with E-state index in [1.165, 1.54) is 38.5 Å². The van der Waals surface area contributed by atoms with E-state index in [1.54, 1.807) is 0 Å². The average Bonchev–Trinajstić information content (AvgIpc) is 2.32. The Morgan fingerprint density at radius 3 is 2.11 bits per heavy atom. The molecule has 4 rings (SSSR count). The maximum atomic E-state index is 10.8. The van der Waals surface area contributed by atoms with Crippen molar-refractivity contribution in [2.45, 2.75) is 51.9 Å². The zero-order valence-electron chi connectivity index (χ0n) is 12.1. The van der Waals surface area contributed by atoms with Crippen LogP contribution in [0.1, 0.15) is 51.9 Å². The van der Waals surface area contributed by atoms with Gasteiger partial charge >= 0.3 is 5.97 Å². The van der Waals surface area contributed by atoms with E-state index in [0.29, 0.717) is 11.8 Å². The standard InChI is InChI=1S/C16H27NO2/c1-2-17(4-3-15(18)19)11-16-8-12-5-13(9-16)7-14(6-12)10-16/h12-14H,2-11H2,1H3,(H,18,19). The highest BCUT2D eigenvalue weighted by molar-refractivity contribution is 5.66. The molecule has 0 aromatic heterocycles. The van der Waals surface area contributed by atoms with Crippen LogP contribution in [0.25, 0.3) is 0 Å². The number of rotatable bonds is 6. The SMILES string of the molecule is CCN(CCC(=O)O)CC12CC3CC(CC(C3)C1)C2. The third-order valence-electron chi connectivity index (χ3n) is 5.81. The van der Waals surface area contributed by atoms with Gasteiger partial charge in [-0.05, 0) is 68.2 Å². The van der Waals surface area contributed by atoms with Gasteiger partial charge in [-0.15, -0.1) is 0 Å². The Kier molecular flexibility index (Phi) is 3.59. The Morgan fingerprint density at radius 2 is 1.68 bits per heavy atom. The number of hydrogen-bond donors (Lipinski definition) is 1. The molecule has 0 aliphatic heterocycles. The van der Waals surface area contributed by atoms with Crippen LogP contribution in [0.5, 0.6) is 0 Å². The predicted octanol–water partition coefficient (Wildman–Crippen LogP) is 3.00. The predicted molar refractivity (Wildman–Crippen MR) is 75.0 cm³/mol. The fraction of sp³-hybridized carbons (Fsp3) is 0.938. The molecule has 4 bridgehead atoms. The number of carbonyl (C=O) groups is 1. The molecule has 0 saturated heterocycles. The topological polar surface area (TPSA) is 40.5 Å². The van der Waals surface area contributed by atoms with Crippen molar-refractivity contribution < 1.29 is 9.90 Å². The summed E-state index contributed by atoms with van der Waals surface area (Å²) in [5.74, 6) is 2.31. The van der Waals surface area contributed by atoms with Gasteiger partial charge in [-0.3, -0.25) is 4.79 Å². The van der Waals surface area contributed by atoms with E-state index in [9.17, 15) is 4.79 Å². The summed E-state index contributed by atoms with van der Waals surface area (Å²) in [6.07, 6.45) is 9.01. The van der Waals surface area contributed by atoms with Crippen molar-refractivity contribution in [2.24, 2.45) is 23.2 Å². The number of carboxylic acid groups (broad SMARTS) is 1. The van der Waals surface area contributed by atoms with E-state index in [2.05, 4.69) is 11.8 Å². The van der Waals surface area contributed by atoms with E-state index in [1.807, 2.05) is 0 Å². The van der Waals surface area contributed by atoms with Crippen molar-refractivity contribution in [2.75, 3.05) is 19.6 Å². The van der Waals surface area contributed by atoms with Crippen LogP contribution in [0.2, 0.25) is 0 Å². The van der Waals surface area contributed by atoms with Crippen LogP contribution in [0.4, 0.5) is 0 Å². The monoisotopic (exact) mass is 265 g/mol. The van der Waals surface area contributed by atoms with Gasteiger partial charge in [0.2, 0.25) is 0 Å². The maximum Gasteiger partial charge on any atom is 0.304 e. The Bertz CT molecular complexity index is 317. The van der Waals surface area contributed by atoms with E-state index < -0.39 is 5.97 Å². The van der Waals surface area contributed by atoms with Crippen molar-refractivity contribution in [1.82, 2.24) is 4.90 Å². The third-order valence-corrected chi connectivity index (χ3v) is 5.81. The molecule has 4 saturated carbocycles. The minimum absolute atomic E-state index is 0.292.